The van der Waals surface area contributed by atoms with E-state index < -0.39 is 6.04 Å². The largest absolute Gasteiger partial charge is 0.504 e. The van der Waals surface area contributed by atoms with Crippen LogP contribution >= 0.6 is 12.2 Å². The highest BCUT2D eigenvalue weighted by Gasteiger charge is 2.34. The fourth-order valence-electron chi connectivity index (χ4n) is 3.97. The number of rotatable bonds is 7. The van der Waals surface area contributed by atoms with Gasteiger partial charge in [0.05, 0.1) is 25.8 Å². The molecule has 2 heterocycles. The maximum absolute atomic E-state index is 10.4. The van der Waals surface area contributed by atoms with Crippen LogP contribution in [0.3, 0.4) is 0 Å². The molecule has 0 bridgehead atoms. The highest BCUT2D eigenvalue weighted by Crippen LogP contribution is 2.40. The molecule has 1 atom stereocenters. The Kier molecular flexibility index (Phi) is 6.74. The number of aromatic hydroxyl groups is 1. The predicted molar refractivity (Wildman–Crippen MR) is 134 cm³/mol. The molecule has 1 aromatic heterocycles. The SMILES string of the molecule is COc1ccc(-c2noc(C3=C(C)N(CC(C)C)C(=S)NC3c3ccc(OC)c(O)c3)n2)cc1. The van der Waals surface area contributed by atoms with E-state index in [4.69, 9.17) is 31.2 Å². The van der Waals surface area contributed by atoms with E-state index in [-0.39, 0.29) is 5.75 Å². The molecule has 1 unspecified atom stereocenters. The van der Waals surface area contributed by atoms with Gasteiger partial charge < -0.3 is 29.3 Å². The third kappa shape index (κ3) is 4.56. The van der Waals surface area contributed by atoms with Crippen molar-refractivity contribution in [3.8, 4) is 28.6 Å². The monoisotopic (exact) mass is 480 g/mol. The Morgan fingerprint density at radius 3 is 2.50 bits per heavy atom. The van der Waals surface area contributed by atoms with Crippen LogP contribution in [-0.4, -0.2) is 46.0 Å². The second-order valence-corrected chi connectivity index (χ2v) is 8.86. The predicted octanol–water partition coefficient (Wildman–Crippen LogP) is 4.78. The smallest absolute Gasteiger partial charge is 0.258 e. The Morgan fingerprint density at radius 2 is 1.88 bits per heavy atom. The van der Waals surface area contributed by atoms with E-state index in [0.29, 0.717) is 28.5 Å². The van der Waals surface area contributed by atoms with Crippen LogP contribution in [0.4, 0.5) is 0 Å². The van der Waals surface area contributed by atoms with E-state index in [9.17, 15) is 5.11 Å². The Hall–Kier alpha value is -3.59. The normalized spacial score (nSPS) is 16.1. The molecule has 1 aliphatic rings. The zero-order valence-corrected chi connectivity index (χ0v) is 20.6. The van der Waals surface area contributed by atoms with Gasteiger partial charge >= 0.3 is 0 Å². The third-order valence-corrected chi connectivity index (χ3v) is 6.02. The number of aromatic nitrogens is 2. The lowest BCUT2D eigenvalue weighted by molar-refractivity contribution is 0.371. The average Bonchev–Trinajstić information content (AvgIpc) is 3.31. The number of hydrogen-bond acceptors (Lipinski definition) is 7. The van der Waals surface area contributed by atoms with Gasteiger partial charge in [0, 0.05) is 17.8 Å². The molecule has 4 rings (SSSR count). The summed E-state index contributed by atoms with van der Waals surface area (Å²) in [6, 6.07) is 12.3. The van der Waals surface area contributed by atoms with Gasteiger partial charge in [0.2, 0.25) is 5.82 Å². The van der Waals surface area contributed by atoms with E-state index in [1.54, 1.807) is 19.2 Å². The molecule has 0 amide bonds. The van der Waals surface area contributed by atoms with Crippen molar-refractivity contribution in [1.29, 1.82) is 0 Å². The van der Waals surface area contributed by atoms with Gasteiger partial charge in [-0.2, -0.15) is 4.98 Å². The summed E-state index contributed by atoms with van der Waals surface area (Å²) in [5, 5.41) is 18.6. The second kappa shape index (κ2) is 9.72. The molecule has 0 fully saturated rings. The zero-order chi connectivity index (χ0) is 24.4. The van der Waals surface area contributed by atoms with E-state index in [1.807, 2.05) is 42.2 Å². The molecule has 1 aliphatic heterocycles. The van der Waals surface area contributed by atoms with Crippen LogP contribution in [0.5, 0.6) is 17.2 Å². The quantitative estimate of drug-likeness (QED) is 0.464. The highest BCUT2D eigenvalue weighted by atomic mass is 32.1. The van der Waals surface area contributed by atoms with Gasteiger partial charge in [0.25, 0.3) is 5.89 Å². The molecule has 178 valence electrons. The van der Waals surface area contributed by atoms with Crippen molar-refractivity contribution in [3.63, 3.8) is 0 Å². The number of ether oxygens (including phenoxy) is 2. The van der Waals surface area contributed by atoms with Crippen LogP contribution in [0.15, 0.2) is 52.7 Å². The minimum absolute atomic E-state index is 0.0405. The first kappa shape index (κ1) is 23.6. The van der Waals surface area contributed by atoms with Crippen LogP contribution < -0.4 is 14.8 Å². The number of nitrogens with zero attached hydrogens (tertiary/aromatic N) is 3. The third-order valence-electron chi connectivity index (χ3n) is 5.68. The van der Waals surface area contributed by atoms with Gasteiger partial charge in [-0.05, 0) is 67.0 Å². The maximum atomic E-state index is 10.4. The summed E-state index contributed by atoms with van der Waals surface area (Å²) < 4.78 is 16.2. The molecule has 9 heteroatoms. The highest BCUT2D eigenvalue weighted by molar-refractivity contribution is 7.80. The molecule has 0 spiro atoms. The Morgan fingerprint density at radius 1 is 1.15 bits per heavy atom. The molecule has 0 aliphatic carbocycles. The van der Waals surface area contributed by atoms with Crippen LogP contribution in [-0.2, 0) is 0 Å². The number of benzene rings is 2. The van der Waals surface area contributed by atoms with Gasteiger partial charge in [-0.1, -0.05) is 25.1 Å². The minimum Gasteiger partial charge on any atom is -0.504 e. The number of phenolic OH excluding ortho intramolecular Hbond substituents is 1. The topological polar surface area (TPSA) is 92.9 Å². The van der Waals surface area contributed by atoms with E-state index in [1.165, 1.54) is 7.11 Å². The Labute approximate surface area is 204 Å². The first-order chi connectivity index (χ1) is 16.3. The standard InChI is InChI=1S/C25H28N4O4S/c1-14(2)13-29-15(3)21(22(26-25(29)34)17-8-11-20(32-5)19(30)12-17)24-27-23(28-33-24)16-6-9-18(31-4)10-7-16/h6-12,14,22,30H,13H2,1-5H3,(H,26,34). The molecular weight excluding hydrogens is 452 g/mol. The van der Waals surface area contributed by atoms with Crippen molar-refractivity contribution in [2.45, 2.75) is 26.8 Å². The molecule has 3 aromatic rings. The van der Waals surface area contributed by atoms with Crippen molar-refractivity contribution in [2.75, 3.05) is 20.8 Å². The van der Waals surface area contributed by atoms with Gasteiger partial charge in [-0.15, -0.1) is 0 Å². The summed E-state index contributed by atoms with van der Waals surface area (Å²) in [7, 11) is 3.14. The Balaban J connectivity index is 1.80. The molecule has 2 N–H and O–H groups in total. The van der Waals surface area contributed by atoms with E-state index in [0.717, 1.165) is 34.7 Å². The summed E-state index contributed by atoms with van der Waals surface area (Å²) in [6.45, 7) is 7.01. The first-order valence-corrected chi connectivity index (χ1v) is 11.4. The number of methoxy groups -OCH3 is 2. The fourth-order valence-corrected chi connectivity index (χ4v) is 4.30. The first-order valence-electron chi connectivity index (χ1n) is 11.0. The number of nitrogens with one attached hydrogen (secondary N) is 1. The molecule has 0 radical (unpaired) electrons. The molecule has 34 heavy (non-hydrogen) atoms. The summed E-state index contributed by atoms with van der Waals surface area (Å²) in [4.78, 5) is 6.76. The average molecular weight is 481 g/mol. The minimum atomic E-state index is -0.392. The molecule has 0 saturated heterocycles. The van der Waals surface area contributed by atoms with E-state index in [2.05, 4.69) is 24.3 Å². The van der Waals surface area contributed by atoms with Crippen molar-refractivity contribution in [2.24, 2.45) is 5.92 Å². The molecule has 0 saturated carbocycles. The lowest BCUT2D eigenvalue weighted by atomic mass is 9.94. The van der Waals surface area contributed by atoms with Gasteiger partial charge in [-0.3, -0.25) is 0 Å². The summed E-state index contributed by atoms with van der Waals surface area (Å²) >= 11 is 5.70. The Bertz CT molecular complexity index is 1220. The van der Waals surface area contributed by atoms with Crippen molar-refractivity contribution in [1.82, 2.24) is 20.4 Å². The number of phenols is 1. The zero-order valence-electron chi connectivity index (χ0n) is 19.8. The lowest BCUT2D eigenvalue weighted by Gasteiger charge is -2.38. The van der Waals surface area contributed by atoms with Gasteiger partial charge in [-0.25, -0.2) is 0 Å². The summed E-state index contributed by atoms with van der Waals surface area (Å²) in [5.41, 5.74) is 3.32. The molecule has 8 nitrogen and oxygen atoms in total. The van der Waals surface area contributed by atoms with Crippen LogP contribution in [0, 0.1) is 5.92 Å². The summed E-state index contributed by atoms with van der Waals surface area (Å²) in [5.74, 6) is 2.42. The van der Waals surface area contributed by atoms with Crippen LogP contribution in [0.25, 0.3) is 17.0 Å². The van der Waals surface area contributed by atoms with Gasteiger partial charge in [0.15, 0.2) is 16.6 Å². The number of hydrogen-bond donors (Lipinski definition) is 2. The van der Waals surface area contributed by atoms with Crippen LogP contribution in [0.2, 0.25) is 0 Å². The van der Waals surface area contributed by atoms with Crippen molar-refractivity contribution in [3.05, 3.63) is 59.6 Å². The fraction of sp³-hybridized carbons (Fsp3) is 0.320. The van der Waals surface area contributed by atoms with Crippen molar-refractivity contribution >= 4 is 22.9 Å². The van der Waals surface area contributed by atoms with Crippen LogP contribution in [0.1, 0.15) is 38.3 Å². The second-order valence-electron chi connectivity index (χ2n) is 8.47. The van der Waals surface area contributed by atoms with Crippen molar-refractivity contribution < 1.29 is 19.1 Å². The van der Waals surface area contributed by atoms with E-state index >= 15 is 0 Å². The lowest BCUT2D eigenvalue weighted by Crippen LogP contribution is -2.47. The van der Waals surface area contributed by atoms with Gasteiger partial charge in [0.1, 0.15) is 5.75 Å². The molecular formula is C25H28N4O4S. The number of thiocarbonyl (C=S) groups is 1. The number of allylic oxidation sites excluding steroid dienone is 1. The maximum Gasteiger partial charge on any atom is 0.258 e. The summed E-state index contributed by atoms with van der Waals surface area (Å²) in [6.07, 6.45) is 0. The molecule has 2 aromatic carbocycles.